The zero-order valence-corrected chi connectivity index (χ0v) is 12.7. The maximum Gasteiger partial charge on any atom is 0.321 e. The summed E-state index contributed by atoms with van der Waals surface area (Å²) in [6.45, 7) is 3.77. The molecule has 2 N–H and O–H groups in total. The molecule has 1 heterocycles. The van der Waals surface area contributed by atoms with E-state index in [1.807, 2.05) is 0 Å². The second kappa shape index (κ2) is 7.22. The van der Waals surface area contributed by atoms with Gasteiger partial charge in [0.15, 0.2) is 0 Å². The Labute approximate surface area is 125 Å². The van der Waals surface area contributed by atoms with E-state index in [0.717, 1.165) is 19.4 Å². The lowest BCUT2D eigenvalue weighted by Gasteiger charge is -2.24. The van der Waals surface area contributed by atoms with Crippen molar-refractivity contribution in [2.45, 2.75) is 32.2 Å². The molecule has 0 spiro atoms. The first-order chi connectivity index (χ1) is 10.1. The molecule has 1 atom stereocenters. The van der Waals surface area contributed by atoms with Gasteiger partial charge in [-0.2, -0.15) is 0 Å². The minimum absolute atomic E-state index is 0.232. The molecule has 0 radical (unpaired) electrons. The van der Waals surface area contributed by atoms with Crippen molar-refractivity contribution in [1.29, 1.82) is 0 Å². The largest absolute Gasteiger partial charge is 0.341 e. The van der Waals surface area contributed by atoms with Crippen molar-refractivity contribution in [2.75, 3.05) is 20.1 Å². The highest BCUT2D eigenvalue weighted by Gasteiger charge is 2.26. The molecule has 3 amide bonds. The number of benzene rings is 1. The normalized spacial score (nSPS) is 18.5. The number of carbonyl (C=O) groups excluding carboxylic acids is 2. The van der Waals surface area contributed by atoms with Crippen LogP contribution in [0.25, 0.3) is 0 Å². The summed E-state index contributed by atoms with van der Waals surface area (Å²) in [6.07, 6.45) is 2.62. The predicted molar refractivity (Wildman–Crippen MR) is 81.9 cm³/mol. The van der Waals surface area contributed by atoms with E-state index in [-0.39, 0.29) is 5.91 Å². The molecule has 114 valence electrons. The minimum Gasteiger partial charge on any atom is -0.341 e. The summed E-state index contributed by atoms with van der Waals surface area (Å²) in [6, 6.07) is 8.54. The van der Waals surface area contributed by atoms with Crippen molar-refractivity contribution in [3.63, 3.8) is 0 Å². The van der Waals surface area contributed by atoms with Crippen LogP contribution < -0.4 is 10.6 Å². The van der Waals surface area contributed by atoms with Gasteiger partial charge in [0.1, 0.15) is 0 Å². The van der Waals surface area contributed by atoms with Crippen LogP contribution in [0, 0.1) is 6.92 Å². The van der Waals surface area contributed by atoms with E-state index in [0.29, 0.717) is 19.0 Å². The lowest BCUT2D eigenvalue weighted by atomic mass is 10.0. The number of rotatable bonds is 4. The van der Waals surface area contributed by atoms with Crippen LogP contribution in [0.5, 0.6) is 0 Å². The number of aryl methyl sites for hydroxylation is 1. The molecule has 1 aliphatic heterocycles. The van der Waals surface area contributed by atoms with E-state index in [9.17, 15) is 9.59 Å². The molecular formula is C16H23N3O2. The van der Waals surface area contributed by atoms with E-state index in [1.165, 1.54) is 18.2 Å². The second-order valence-electron chi connectivity index (χ2n) is 5.48. The van der Waals surface area contributed by atoms with Crippen LogP contribution in [0.4, 0.5) is 4.79 Å². The van der Waals surface area contributed by atoms with Gasteiger partial charge in [-0.15, -0.1) is 0 Å². The van der Waals surface area contributed by atoms with Gasteiger partial charge in [-0.25, -0.2) is 4.79 Å². The fourth-order valence-corrected chi connectivity index (χ4v) is 2.76. The fourth-order valence-electron chi connectivity index (χ4n) is 2.76. The number of urea groups is 1. The van der Waals surface area contributed by atoms with Gasteiger partial charge in [-0.3, -0.25) is 15.0 Å². The summed E-state index contributed by atoms with van der Waals surface area (Å²) >= 11 is 0. The van der Waals surface area contributed by atoms with Crippen molar-refractivity contribution in [2.24, 2.45) is 0 Å². The van der Waals surface area contributed by atoms with Crippen LogP contribution in [0.3, 0.4) is 0 Å². The Kier molecular flexibility index (Phi) is 5.33. The maximum absolute atomic E-state index is 11.7. The molecule has 0 bridgehead atoms. The Bertz CT molecular complexity index is 499. The number of hydrogen-bond acceptors (Lipinski definition) is 3. The van der Waals surface area contributed by atoms with Gasteiger partial charge in [0, 0.05) is 26.1 Å². The van der Waals surface area contributed by atoms with Crippen LogP contribution in [-0.2, 0) is 4.79 Å². The lowest BCUT2D eigenvalue weighted by Crippen LogP contribution is -2.39. The summed E-state index contributed by atoms with van der Waals surface area (Å²) in [5.74, 6) is -0.232. The summed E-state index contributed by atoms with van der Waals surface area (Å²) < 4.78 is 0. The molecule has 2 rings (SSSR count). The van der Waals surface area contributed by atoms with Crippen LogP contribution in [0.15, 0.2) is 24.3 Å². The van der Waals surface area contributed by atoms with Crippen molar-refractivity contribution >= 4 is 11.9 Å². The minimum atomic E-state index is -0.448. The zero-order valence-electron chi connectivity index (χ0n) is 12.7. The SMILES string of the molecule is CNC(=O)NC(=O)CCN1CCC[C@H]1c1ccc(C)cc1. The molecule has 0 aliphatic carbocycles. The topological polar surface area (TPSA) is 61.4 Å². The third-order valence-corrected chi connectivity index (χ3v) is 3.93. The van der Waals surface area contributed by atoms with Gasteiger partial charge < -0.3 is 5.32 Å². The summed E-state index contributed by atoms with van der Waals surface area (Å²) in [5.41, 5.74) is 2.57. The first-order valence-corrected chi connectivity index (χ1v) is 7.42. The number of likely N-dealkylation sites (tertiary alicyclic amines) is 1. The van der Waals surface area contributed by atoms with Crippen molar-refractivity contribution < 1.29 is 9.59 Å². The molecule has 1 aromatic rings. The number of nitrogens with zero attached hydrogens (tertiary/aromatic N) is 1. The average molecular weight is 289 g/mol. The fraction of sp³-hybridized carbons (Fsp3) is 0.500. The zero-order chi connectivity index (χ0) is 15.2. The highest BCUT2D eigenvalue weighted by Crippen LogP contribution is 2.31. The number of carbonyl (C=O) groups is 2. The summed E-state index contributed by atoms with van der Waals surface area (Å²) in [5, 5.41) is 4.68. The molecule has 21 heavy (non-hydrogen) atoms. The molecule has 1 fully saturated rings. The Morgan fingerprint density at radius 2 is 2.00 bits per heavy atom. The molecule has 1 saturated heterocycles. The first-order valence-electron chi connectivity index (χ1n) is 7.42. The van der Waals surface area contributed by atoms with Gasteiger partial charge in [-0.1, -0.05) is 29.8 Å². The second-order valence-corrected chi connectivity index (χ2v) is 5.48. The smallest absolute Gasteiger partial charge is 0.321 e. The molecule has 0 aromatic heterocycles. The molecule has 5 nitrogen and oxygen atoms in total. The highest BCUT2D eigenvalue weighted by molar-refractivity contribution is 5.94. The van der Waals surface area contributed by atoms with Crippen LogP contribution in [0.1, 0.15) is 36.4 Å². The number of imide groups is 1. The van der Waals surface area contributed by atoms with Crippen LogP contribution >= 0.6 is 0 Å². The van der Waals surface area contributed by atoms with E-state index < -0.39 is 6.03 Å². The Hall–Kier alpha value is -1.88. The molecule has 0 unspecified atom stereocenters. The predicted octanol–water partition coefficient (Wildman–Crippen LogP) is 1.98. The highest BCUT2D eigenvalue weighted by atomic mass is 16.2. The Balaban J connectivity index is 1.89. The van der Waals surface area contributed by atoms with Gasteiger partial charge in [0.25, 0.3) is 0 Å². The number of amides is 3. The number of hydrogen-bond donors (Lipinski definition) is 2. The van der Waals surface area contributed by atoms with Crippen LogP contribution in [0.2, 0.25) is 0 Å². The quantitative estimate of drug-likeness (QED) is 0.891. The molecule has 0 saturated carbocycles. The average Bonchev–Trinajstić information content (AvgIpc) is 2.94. The van der Waals surface area contributed by atoms with E-state index in [1.54, 1.807) is 0 Å². The van der Waals surface area contributed by atoms with Gasteiger partial charge in [0.05, 0.1) is 0 Å². The van der Waals surface area contributed by atoms with Crippen molar-refractivity contribution in [1.82, 2.24) is 15.5 Å². The third-order valence-electron chi connectivity index (χ3n) is 3.93. The standard InChI is InChI=1S/C16H23N3O2/c1-12-5-7-13(8-6-12)14-4-3-10-19(14)11-9-15(20)18-16(21)17-2/h5-8,14H,3-4,9-11H2,1-2H3,(H2,17,18,20,21)/t14-/m0/s1. The van der Waals surface area contributed by atoms with Crippen molar-refractivity contribution in [3.05, 3.63) is 35.4 Å². The third kappa shape index (κ3) is 4.29. The van der Waals surface area contributed by atoms with E-state index in [4.69, 9.17) is 0 Å². The van der Waals surface area contributed by atoms with E-state index in [2.05, 4.69) is 46.7 Å². The number of nitrogens with one attached hydrogen (secondary N) is 2. The van der Waals surface area contributed by atoms with E-state index >= 15 is 0 Å². The van der Waals surface area contributed by atoms with Crippen molar-refractivity contribution in [3.8, 4) is 0 Å². The molecule has 1 aromatic carbocycles. The molecule has 1 aliphatic rings. The summed E-state index contributed by atoms with van der Waals surface area (Å²) in [4.78, 5) is 25.1. The van der Waals surface area contributed by atoms with Crippen LogP contribution in [-0.4, -0.2) is 37.0 Å². The Morgan fingerprint density at radius 1 is 1.29 bits per heavy atom. The summed E-state index contributed by atoms with van der Waals surface area (Å²) in [7, 11) is 1.50. The van der Waals surface area contributed by atoms with Gasteiger partial charge >= 0.3 is 6.03 Å². The maximum atomic E-state index is 11.7. The lowest BCUT2D eigenvalue weighted by molar-refractivity contribution is -0.120. The molecule has 5 heteroatoms. The van der Waals surface area contributed by atoms with Gasteiger partial charge in [0.2, 0.25) is 5.91 Å². The van der Waals surface area contributed by atoms with Gasteiger partial charge in [-0.05, 0) is 31.9 Å². The monoisotopic (exact) mass is 289 g/mol. The molecular weight excluding hydrogens is 266 g/mol. The first kappa shape index (κ1) is 15.5. The Morgan fingerprint density at radius 3 is 2.67 bits per heavy atom.